The standard InChI is InChI=1S/C12H22N6/c1-17(2)12(5-4-6-12)8-18(3)10-7-9(13)15-11(14)16-10/h7H,4-6,8H2,1-3H3,(H4,13,14,15,16). The first kappa shape index (κ1) is 12.9. The number of hydrogen-bond donors (Lipinski definition) is 2. The van der Waals surface area contributed by atoms with Crippen LogP contribution in [-0.4, -0.2) is 48.1 Å². The molecule has 6 heteroatoms. The third-order valence-electron chi connectivity index (χ3n) is 3.91. The number of aromatic nitrogens is 2. The molecule has 1 aliphatic carbocycles. The fourth-order valence-electron chi connectivity index (χ4n) is 2.52. The van der Waals surface area contributed by atoms with E-state index in [1.807, 2.05) is 7.05 Å². The van der Waals surface area contributed by atoms with Gasteiger partial charge in [-0.1, -0.05) is 0 Å². The van der Waals surface area contributed by atoms with Crippen LogP contribution in [0.15, 0.2) is 6.07 Å². The van der Waals surface area contributed by atoms with Gasteiger partial charge in [-0.25, -0.2) is 0 Å². The van der Waals surface area contributed by atoms with Crippen molar-refractivity contribution in [3.8, 4) is 0 Å². The van der Waals surface area contributed by atoms with E-state index < -0.39 is 0 Å². The van der Waals surface area contributed by atoms with E-state index in [1.54, 1.807) is 6.07 Å². The van der Waals surface area contributed by atoms with Crippen LogP contribution in [0, 0.1) is 0 Å². The summed E-state index contributed by atoms with van der Waals surface area (Å²) in [7, 11) is 6.29. The van der Waals surface area contributed by atoms with Crippen LogP contribution in [0.4, 0.5) is 17.6 Å². The first-order valence-electron chi connectivity index (χ1n) is 6.21. The number of nitrogen functional groups attached to an aromatic ring is 2. The van der Waals surface area contributed by atoms with E-state index >= 15 is 0 Å². The minimum Gasteiger partial charge on any atom is -0.383 e. The van der Waals surface area contributed by atoms with Crippen molar-refractivity contribution in [3.63, 3.8) is 0 Å². The van der Waals surface area contributed by atoms with E-state index in [0.29, 0.717) is 5.82 Å². The summed E-state index contributed by atoms with van der Waals surface area (Å²) in [4.78, 5) is 12.5. The average Bonchev–Trinajstić information content (AvgIpc) is 2.21. The summed E-state index contributed by atoms with van der Waals surface area (Å²) in [6, 6.07) is 1.76. The summed E-state index contributed by atoms with van der Waals surface area (Å²) in [6.45, 7) is 0.926. The van der Waals surface area contributed by atoms with Crippen LogP contribution in [0.25, 0.3) is 0 Å². The summed E-state index contributed by atoms with van der Waals surface area (Å²) in [5.41, 5.74) is 11.6. The molecule has 0 amide bonds. The van der Waals surface area contributed by atoms with Crippen molar-refractivity contribution >= 4 is 17.6 Å². The Balaban J connectivity index is 2.14. The predicted octanol–water partition coefficient (Wildman–Crippen LogP) is 0.562. The number of nitrogens with two attached hydrogens (primary N) is 2. The highest BCUT2D eigenvalue weighted by Gasteiger charge is 2.40. The first-order valence-corrected chi connectivity index (χ1v) is 6.21. The number of anilines is 3. The van der Waals surface area contributed by atoms with E-state index in [4.69, 9.17) is 11.5 Å². The van der Waals surface area contributed by atoms with Crippen LogP contribution >= 0.6 is 0 Å². The number of hydrogen-bond acceptors (Lipinski definition) is 6. The predicted molar refractivity (Wildman–Crippen MR) is 74.4 cm³/mol. The Morgan fingerprint density at radius 3 is 2.33 bits per heavy atom. The van der Waals surface area contributed by atoms with Gasteiger partial charge in [0, 0.05) is 25.2 Å². The van der Waals surface area contributed by atoms with Gasteiger partial charge in [-0.15, -0.1) is 0 Å². The third kappa shape index (κ3) is 2.33. The van der Waals surface area contributed by atoms with E-state index in [1.165, 1.54) is 19.3 Å². The lowest BCUT2D eigenvalue weighted by molar-refractivity contribution is 0.0682. The lowest BCUT2D eigenvalue weighted by atomic mass is 9.75. The molecule has 0 atom stereocenters. The molecule has 100 valence electrons. The monoisotopic (exact) mass is 250 g/mol. The molecule has 0 aliphatic heterocycles. The maximum atomic E-state index is 5.70. The summed E-state index contributed by atoms with van der Waals surface area (Å²) >= 11 is 0. The molecule has 0 unspecified atom stereocenters. The molecule has 1 saturated carbocycles. The quantitative estimate of drug-likeness (QED) is 0.812. The van der Waals surface area contributed by atoms with Gasteiger partial charge in [-0.05, 0) is 33.4 Å². The van der Waals surface area contributed by atoms with Crippen molar-refractivity contribution in [2.24, 2.45) is 0 Å². The van der Waals surface area contributed by atoms with Crippen molar-refractivity contribution in [1.82, 2.24) is 14.9 Å². The van der Waals surface area contributed by atoms with Crippen LogP contribution in [0.5, 0.6) is 0 Å². The molecule has 18 heavy (non-hydrogen) atoms. The molecule has 4 N–H and O–H groups in total. The zero-order chi connectivity index (χ0) is 13.3. The van der Waals surface area contributed by atoms with Gasteiger partial charge in [0.15, 0.2) is 0 Å². The van der Waals surface area contributed by atoms with Crippen LogP contribution in [0.3, 0.4) is 0 Å². The van der Waals surface area contributed by atoms with Crippen LogP contribution in [0.1, 0.15) is 19.3 Å². The number of rotatable bonds is 4. The number of nitrogens with zero attached hydrogens (tertiary/aromatic N) is 4. The summed E-state index contributed by atoms with van der Waals surface area (Å²) in [5, 5.41) is 0. The summed E-state index contributed by atoms with van der Waals surface area (Å²) < 4.78 is 0. The van der Waals surface area contributed by atoms with Gasteiger partial charge < -0.3 is 21.3 Å². The number of likely N-dealkylation sites (N-methyl/N-ethyl adjacent to an activating group) is 2. The van der Waals surface area contributed by atoms with Crippen molar-refractivity contribution < 1.29 is 0 Å². The average molecular weight is 250 g/mol. The minimum atomic E-state index is 0.226. The van der Waals surface area contributed by atoms with Gasteiger partial charge in [0.2, 0.25) is 5.95 Å². The molecular formula is C12H22N6. The zero-order valence-electron chi connectivity index (χ0n) is 11.3. The normalized spacial score (nSPS) is 17.6. The van der Waals surface area contributed by atoms with Gasteiger partial charge in [0.25, 0.3) is 0 Å². The maximum absolute atomic E-state index is 5.70. The third-order valence-corrected chi connectivity index (χ3v) is 3.91. The second kappa shape index (κ2) is 4.61. The summed E-state index contributed by atoms with van der Waals surface area (Å²) in [5.74, 6) is 1.43. The Bertz CT molecular complexity index is 406. The molecule has 1 aliphatic rings. The Kier molecular flexibility index (Phi) is 3.30. The molecule has 0 aromatic carbocycles. The minimum absolute atomic E-state index is 0.226. The largest absolute Gasteiger partial charge is 0.383 e. The Morgan fingerprint density at radius 1 is 1.22 bits per heavy atom. The second-order valence-corrected chi connectivity index (χ2v) is 5.34. The second-order valence-electron chi connectivity index (χ2n) is 5.34. The fourth-order valence-corrected chi connectivity index (χ4v) is 2.52. The highest BCUT2D eigenvalue weighted by atomic mass is 15.3. The van der Waals surface area contributed by atoms with Crippen molar-refractivity contribution in [1.29, 1.82) is 0 Å². The van der Waals surface area contributed by atoms with Gasteiger partial charge in [-0.3, -0.25) is 0 Å². The van der Waals surface area contributed by atoms with E-state index in [-0.39, 0.29) is 11.5 Å². The SMILES string of the molecule is CN(CC1(N(C)C)CCC1)c1cc(N)nc(N)n1. The molecule has 0 spiro atoms. The molecule has 0 radical (unpaired) electrons. The molecule has 1 heterocycles. The van der Waals surface area contributed by atoms with E-state index in [9.17, 15) is 0 Å². The molecule has 6 nitrogen and oxygen atoms in total. The van der Waals surface area contributed by atoms with Crippen LogP contribution < -0.4 is 16.4 Å². The maximum Gasteiger partial charge on any atom is 0.223 e. The van der Waals surface area contributed by atoms with Gasteiger partial charge in [0.05, 0.1) is 0 Å². The Morgan fingerprint density at radius 2 is 1.89 bits per heavy atom. The highest BCUT2D eigenvalue weighted by molar-refractivity contribution is 5.50. The molecule has 0 saturated heterocycles. The highest BCUT2D eigenvalue weighted by Crippen LogP contribution is 2.37. The van der Waals surface area contributed by atoms with E-state index in [2.05, 4.69) is 33.9 Å². The van der Waals surface area contributed by atoms with Crippen molar-refractivity contribution in [2.45, 2.75) is 24.8 Å². The van der Waals surface area contributed by atoms with Crippen LogP contribution in [-0.2, 0) is 0 Å². The Hall–Kier alpha value is -1.56. The van der Waals surface area contributed by atoms with Crippen molar-refractivity contribution in [2.75, 3.05) is 44.1 Å². The lowest BCUT2D eigenvalue weighted by Crippen LogP contribution is -2.56. The molecule has 2 rings (SSSR count). The molecule has 1 fully saturated rings. The van der Waals surface area contributed by atoms with E-state index in [0.717, 1.165) is 12.4 Å². The molecule has 0 bridgehead atoms. The first-order chi connectivity index (χ1) is 8.43. The van der Waals surface area contributed by atoms with Gasteiger partial charge in [-0.2, -0.15) is 9.97 Å². The zero-order valence-corrected chi connectivity index (χ0v) is 11.3. The topological polar surface area (TPSA) is 84.3 Å². The Labute approximate surface area is 108 Å². The van der Waals surface area contributed by atoms with Crippen LogP contribution in [0.2, 0.25) is 0 Å². The van der Waals surface area contributed by atoms with Crippen molar-refractivity contribution in [3.05, 3.63) is 6.07 Å². The molecule has 1 aromatic rings. The lowest BCUT2D eigenvalue weighted by Gasteiger charge is -2.49. The van der Waals surface area contributed by atoms with Gasteiger partial charge >= 0.3 is 0 Å². The molecule has 1 aromatic heterocycles. The fraction of sp³-hybridized carbons (Fsp3) is 0.667. The smallest absolute Gasteiger partial charge is 0.223 e. The molecular weight excluding hydrogens is 228 g/mol. The summed E-state index contributed by atoms with van der Waals surface area (Å²) in [6.07, 6.45) is 3.74. The van der Waals surface area contributed by atoms with Gasteiger partial charge in [0.1, 0.15) is 11.6 Å².